The molecule has 0 bridgehead atoms. The Morgan fingerprint density at radius 2 is 1.96 bits per heavy atom. The highest BCUT2D eigenvalue weighted by atomic mass is 16.4. The Balaban J connectivity index is 2.13. The van der Waals surface area contributed by atoms with Crippen LogP contribution in [-0.4, -0.2) is 35.5 Å². The van der Waals surface area contributed by atoms with Crippen molar-refractivity contribution in [3.8, 4) is 0 Å². The van der Waals surface area contributed by atoms with E-state index < -0.39 is 17.9 Å². The first-order valence-corrected chi connectivity index (χ1v) is 8.12. The number of benzene rings is 1. The lowest BCUT2D eigenvalue weighted by Gasteiger charge is -2.22. The summed E-state index contributed by atoms with van der Waals surface area (Å²) in [6.45, 7) is 7.68. The summed E-state index contributed by atoms with van der Waals surface area (Å²) in [4.78, 5) is 37.6. The third-order valence-electron chi connectivity index (χ3n) is 4.59. The molecule has 1 aromatic rings. The zero-order valence-electron chi connectivity index (χ0n) is 14.5. The van der Waals surface area contributed by atoms with Crippen LogP contribution in [0.3, 0.4) is 0 Å². The van der Waals surface area contributed by atoms with Gasteiger partial charge < -0.3 is 15.3 Å². The van der Waals surface area contributed by atoms with Crippen molar-refractivity contribution in [3.63, 3.8) is 0 Å². The largest absolute Gasteiger partial charge is 0.480 e. The van der Waals surface area contributed by atoms with Crippen molar-refractivity contribution in [1.29, 1.82) is 0 Å². The molecule has 0 radical (unpaired) electrons. The van der Waals surface area contributed by atoms with E-state index in [-0.39, 0.29) is 30.7 Å². The van der Waals surface area contributed by atoms with Crippen LogP contribution in [0.25, 0.3) is 0 Å². The average Bonchev–Trinajstić information content (AvgIpc) is 2.88. The monoisotopic (exact) mass is 332 g/mol. The molecule has 1 saturated heterocycles. The third kappa shape index (κ3) is 3.58. The number of nitrogens with one attached hydrogen (secondary N) is 1. The second kappa shape index (κ2) is 7.03. The van der Waals surface area contributed by atoms with Gasteiger partial charge in [0.1, 0.15) is 6.04 Å². The minimum absolute atomic E-state index is 0.101. The lowest BCUT2D eigenvalue weighted by atomic mass is 10.0. The molecule has 6 heteroatoms. The quantitative estimate of drug-likeness (QED) is 0.862. The third-order valence-corrected chi connectivity index (χ3v) is 4.59. The van der Waals surface area contributed by atoms with Crippen LogP contribution in [0.15, 0.2) is 18.2 Å². The topological polar surface area (TPSA) is 86.7 Å². The van der Waals surface area contributed by atoms with Crippen molar-refractivity contribution in [2.45, 2.75) is 40.2 Å². The molecule has 1 unspecified atom stereocenters. The number of carboxylic acid groups (broad SMARTS) is 1. The smallest absolute Gasteiger partial charge is 0.326 e. The Bertz CT molecular complexity index is 669. The molecular weight excluding hydrogens is 308 g/mol. The Morgan fingerprint density at radius 3 is 2.54 bits per heavy atom. The second-order valence-electron chi connectivity index (χ2n) is 6.69. The molecule has 6 nitrogen and oxygen atoms in total. The summed E-state index contributed by atoms with van der Waals surface area (Å²) in [6, 6.07) is 4.79. The first-order chi connectivity index (χ1) is 11.2. The van der Waals surface area contributed by atoms with Crippen molar-refractivity contribution in [3.05, 3.63) is 29.3 Å². The fraction of sp³-hybridized carbons (Fsp3) is 0.500. The predicted molar refractivity (Wildman–Crippen MR) is 90.8 cm³/mol. The molecule has 130 valence electrons. The van der Waals surface area contributed by atoms with Crippen LogP contribution in [0.1, 0.15) is 31.4 Å². The van der Waals surface area contributed by atoms with Gasteiger partial charge in [-0.25, -0.2) is 4.79 Å². The van der Waals surface area contributed by atoms with E-state index in [9.17, 15) is 19.5 Å². The van der Waals surface area contributed by atoms with Crippen LogP contribution in [0.2, 0.25) is 0 Å². The van der Waals surface area contributed by atoms with Crippen LogP contribution >= 0.6 is 0 Å². The van der Waals surface area contributed by atoms with Crippen LogP contribution in [0.5, 0.6) is 0 Å². The van der Waals surface area contributed by atoms with Crippen molar-refractivity contribution < 1.29 is 19.5 Å². The van der Waals surface area contributed by atoms with Gasteiger partial charge in [0.15, 0.2) is 0 Å². The van der Waals surface area contributed by atoms with E-state index in [0.717, 1.165) is 16.8 Å². The number of carbonyl (C=O) groups excluding carboxylic acids is 2. The summed E-state index contributed by atoms with van der Waals surface area (Å²) < 4.78 is 0. The molecule has 2 amide bonds. The standard InChI is InChI=1S/C18H24N2O4/c1-10(2)16(18(23)24)19-17(22)13-8-15(21)20(9-13)14-7-5-6-11(3)12(14)4/h5-7,10,13,16H,8-9H2,1-4H3,(H,19,22)(H,23,24)/t13?,16-/m1/s1. The van der Waals surface area contributed by atoms with E-state index in [1.165, 1.54) is 0 Å². The SMILES string of the molecule is Cc1cccc(N2CC(C(=O)N[C@@H](C(=O)O)C(C)C)CC2=O)c1C. The van der Waals surface area contributed by atoms with E-state index in [4.69, 9.17) is 0 Å². The highest BCUT2D eigenvalue weighted by Crippen LogP contribution is 2.29. The number of aliphatic carboxylic acids is 1. The summed E-state index contributed by atoms with van der Waals surface area (Å²) in [5.41, 5.74) is 2.91. The van der Waals surface area contributed by atoms with Gasteiger partial charge in [-0.05, 0) is 37.0 Å². The fourth-order valence-electron chi connectivity index (χ4n) is 2.93. The molecule has 0 aromatic heterocycles. The predicted octanol–water partition coefficient (Wildman–Crippen LogP) is 1.88. The molecule has 1 heterocycles. The summed E-state index contributed by atoms with van der Waals surface area (Å²) in [5.74, 6) is -2.30. The van der Waals surface area contributed by atoms with Crippen molar-refractivity contribution >= 4 is 23.5 Å². The van der Waals surface area contributed by atoms with Gasteiger partial charge in [-0.15, -0.1) is 0 Å². The Kier molecular flexibility index (Phi) is 5.26. The van der Waals surface area contributed by atoms with Gasteiger partial charge in [0.2, 0.25) is 11.8 Å². The number of carbonyl (C=O) groups is 3. The molecule has 2 rings (SSSR count). The maximum atomic E-state index is 12.4. The van der Waals surface area contributed by atoms with Crippen molar-refractivity contribution in [2.75, 3.05) is 11.4 Å². The van der Waals surface area contributed by atoms with Crippen LogP contribution < -0.4 is 10.2 Å². The summed E-state index contributed by atoms with van der Waals surface area (Å²) in [7, 11) is 0. The normalized spacial score (nSPS) is 18.8. The summed E-state index contributed by atoms with van der Waals surface area (Å²) in [6.07, 6.45) is 0.101. The molecule has 1 aliphatic rings. The molecule has 2 N–H and O–H groups in total. The average molecular weight is 332 g/mol. The number of carboxylic acids is 1. The Hall–Kier alpha value is -2.37. The molecule has 0 saturated carbocycles. The van der Waals surface area contributed by atoms with Gasteiger partial charge in [0.25, 0.3) is 0 Å². The molecular formula is C18H24N2O4. The molecule has 2 atom stereocenters. The first kappa shape index (κ1) is 18.0. The minimum atomic E-state index is -1.06. The summed E-state index contributed by atoms with van der Waals surface area (Å²) in [5, 5.41) is 11.8. The van der Waals surface area contributed by atoms with Gasteiger partial charge in [-0.3, -0.25) is 9.59 Å². The number of hydrogen-bond acceptors (Lipinski definition) is 3. The number of rotatable bonds is 5. The van der Waals surface area contributed by atoms with Crippen LogP contribution in [0, 0.1) is 25.7 Å². The van der Waals surface area contributed by atoms with E-state index in [1.54, 1.807) is 18.7 Å². The number of amides is 2. The minimum Gasteiger partial charge on any atom is -0.480 e. The fourth-order valence-corrected chi connectivity index (χ4v) is 2.93. The van der Waals surface area contributed by atoms with Crippen molar-refractivity contribution in [2.24, 2.45) is 11.8 Å². The Labute approximate surface area is 141 Å². The van der Waals surface area contributed by atoms with E-state index in [1.807, 2.05) is 32.0 Å². The van der Waals surface area contributed by atoms with E-state index in [2.05, 4.69) is 5.32 Å². The van der Waals surface area contributed by atoms with Gasteiger partial charge in [-0.1, -0.05) is 26.0 Å². The maximum Gasteiger partial charge on any atom is 0.326 e. The van der Waals surface area contributed by atoms with Crippen molar-refractivity contribution in [1.82, 2.24) is 5.32 Å². The maximum absolute atomic E-state index is 12.4. The van der Waals surface area contributed by atoms with E-state index >= 15 is 0 Å². The number of anilines is 1. The van der Waals surface area contributed by atoms with Gasteiger partial charge >= 0.3 is 5.97 Å². The van der Waals surface area contributed by atoms with E-state index in [0.29, 0.717) is 0 Å². The van der Waals surface area contributed by atoms with Crippen LogP contribution in [-0.2, 0) is 14.4 Å². The highest BCUT2D eigenvalue weighted by Gasteiger charge is 2.37. The molecule has 1 aliphatic heterocycles. The first-order valence-electron chi connectivity index (χ1n) is 8.12. The number of nitrogens with zero attached hydrogens (tertiary/aromatic N) is 1. The zero-order valence-corrected chi connectivity index (χ0v) is 14.5. The van der Waals surface area contributed by atoms with Gasteiger partial charge in [0, 0.05) is 18.7 Å². The molecule has 0 spiro atoms. The molecule has 0 aliphatic carbocycles. The highest BCUT2D eigenvalue weighted by molar-refractivity contribution is 6.01. The molecule has 24 heavy (non-hydrogen) atoms. The second-order valence-corrected chi connectivity index (χ2v) is 6.69. The Morgan fingerprint density at radius 1 is 1.29 bits per heavy atom. The number of hydrogen-bond donors (Lipinski definition) is 2. The molecule has 1 fully saturated rings. The molecule has 1 aromatic carbocycles. The van der Waals surface area contributed by atoms with Gasteiger partial charge in [0.05, 0.1) is 5.92 Å². The van der Waals surface area contributed by atoms with Gasteiger partial charge in [-0.2, -0.15) is 0 Å². The lowest BCUT2D eigenvalue weighted by Crippen LogP contribution is -2.47. The summed E-state index contributed by atoms with van der Waals surface area (Å²) >= 11 is 0. The van der Waals surface area contributed by atoms with Crippen LogP contribution in [0.4, 0.5) is 5.69 Å². The number of aryl methyl sites for hydroxylation is 1. The lowest BCUT2D eigenvalue weighted by molar-refractivity contribution is -0.143. The zero-order chi connectivity index (χ0) is 18.0.